The van der Waals surface area contributed by atoms with Crippen LogP contribution in [0.3, 0.4) is 0 Å². The van der Waals surface area contributed by atoms with Gasteiger partial charge in [0.25, 0.3) is 0 Å². The Hall–Kier alpha value is -1.06. The van der Waals surface area contributed by atoms with Gasteiger partial charge in [-0.3, -0.25) is 9.59 Å². The Morgan fingerprint density at radius 3 is 1.76 bits per heavy atom. The maximum absolute atomic E-state index is 11.8. The van der Waals surface area contributed by atoms with Crippen LogP contribution in [0.25, 0.3) is 0 Å². The Labute approximate surface area is 154 Å². The number of aliphatic carboxylic acids is 1. The van der Waals surface area contributed by atoms with E-state index in [-0.39, 0.29) is 12.4 Å². The first-order valence-corrected chi connectivity index (χ1v) is 10.5. The molecule has 0 fully saturated rings. The van der Waals surface area contributed by atoms with Crippen LogP contribution in [0.2, 0.25) is 0 Å². The molecular formula is C21H40O4. The monoisotopic (exact) mass is 356 g/mol. The lowest BCUT2D eigenvalue weighted by Crippen LogP contribution is -2.21. The molecule has 0 heterocycles. The second kappa shape index (κ2) is 17.8. The summed E-state index contributed by atoms with van der Waals surface area (Å²) in [6.07, 6.45) is 15.7. The molecule has 0 bridgehead atoms. The van der Waals surface area contributed by atoms with E-state index < -0.39 is 12.1 Å². The lowest BCUT2D eigenvalue weighted by molar-refractivity contribution is -0.153. The van der Waals surface area contributed by atoms with Crippen molar-refractivity contribution in [3.05, 3.63) is 0 Å². The fourth-order valence-electron chi connectivity index (χ4n) is 3.02. The first-order chi connectivity index (χ1) is 12.1. The molecule has 4 nitrogen and oxygen atoms in total. The molecule has 148 valence electrons. The normalized spacial score (nSPS) is 12.1. The number of rotatable bonds is 18. The largest absolute Gasteiger partial charge is 0.481 e. The van der Waals surface area contributed by atoms with E-state index in [0.29, 0.717) is 12.8 Å². The van der Waals surface area contributed by atoms with Crippen molar-refractivity contribution < 1.29 is 19.4 Å². The molecule has 25 heavy (non-hydrogen) atoms. The first kappa shape index (κ1) is 23.9. The van der Waals surface area contributed by atoms with Crippen LogP contribution >= 0.6 is 0 Å². The van der Waals surface area contributed by atoms with Gasteiger partial charge in [-0.05, 0) is 19.3 Å². The second-order valence-electron chi connectivity index (χ2n) is 7.14. The quantitative estimate of drug-likeness (QED) is 0.232. The fourth-order valence-corrected chi connectivity index (χ4v) is 3.02. The standard InChI is InChI=1S/C21H40O4/c1-3-5-7-9-10-11-12-13-14-16-19(18-20(22)23)25-21(24)17-15-8-6-4-2/h19H,3-18H2,1-2H3,(H,22,23). The molecule has 0 aliphatic carbocycles. The van der Waals surface area contributed by atoms with Gasteiger partial charge in [0.05, 0.1) is 6.42 Å². The molecule has 1 N–H and O–H groups in total. The third kappa shape index (κ3) is 17.6. The predicted molar refractivity (Wildman–Crippen MR) is 103 cm³/mol. The van der Waals surface area contributed by atoms with Crippen molar-refractivity contribution in [2.45, 2.75) is 123 Å². The van der Waals surface area contributed by atoms with Crippen molar-refractivity contribution in [1.82, 2.24) is 0 Å². The van der Waals surface area contributed by atoms with Crippen LogP contribution in [-0.2, 0) is 14.3 Å². The Morgan fingerprint density at radius 2 is 1.24 bits per heavy atom. The van der Waals surface area contributed by atoms with E-state index in [9.17, 15) is 9.59 Å². The van der Waals surface area contributed by atoms with Crippen LogP contribution in [0, 0.1) is 0 Å². The van der Waals surface area contributed by atoms with Crippen LogP contribution in [-0.4, -0.2) is 23.1 Å². The minimum Gasteiger partial charge on any atom is -0.481 e. The number of esters is 1. The van der Waals surface area contributed by atoms with Gasteiger partial charge in [-0.25, -0.2) is 0 Å². The highest BCUT2D eigenvalue weighted by molar-refractivity contribution is 5.71. The van der Waals surface area contributed by atoms with Crippen LogP contribution in [0.15, 0.2) is 0 Å². The summed E-state index contributed by atoms with van der Waals surface area (Å²) >= 11 is 0. The number of hydrogen-bond acceptors (Lipinski definition) is 3. The zero-order valence-corrected chi connectivity index (χ0v) is 16.6. The van der Waals surface area contributed by atoms with Gasteiger partial charge in [0, 0.05) is 6.42 Å². The van der Waals surface area contributed by atoms with Crippen molar-refractivity contribution in [2.24, 2.45) is 0 Å². The average Bonchev–Trinajstić information content (AvgIpc) is 2.56. The number of carbonyl (C=O) groups is 2. The minimum absolute atomic E-state index is 0.0717. The van der Waals surface area contributed by atoms with Crippen LogP contribution in [0.1, 0.15) is 117 Å². The van der Waals surface area contributed by atoms with Crippen molar-refractivity contribution >= 4 is 11.9 Å². The molecule has 0 saturated carbocycles. The molecule has 0 amide bonds. The average molecular weight is 357 g/mol. The molecule has 0 radical (unpaired) electrons. The Kier molecular flexibility index (Phi) is 17.0. The van der Waals surface area contributed by atoms with Crippen molar-refractivity contribution in [3.63, 3.8) is 0 Å². The number of carboxylic acid groups (broad SMARTS) is 1. The summed E-state index contributed by atoms with van der Waals surface area (Å²) in [5, 5.41) is 9.00. The summed E-state index contributed by atoms with van der Waals surface area (Å²) in [6, 6.07) is 0. The number of hydrogen-bond donors (Lipinski definition) is 1. The Bertz CT molecular complexity index is 328. The van der Waals surface area contributed by atoms with Crippen LogP contribution in [0.5, 0.6) is 0 Å². The molecule has 4 heteroatoms. The third-order valence-electron chi connectivity index (χ3n) is 4.56. The van der Waals surface area contributed by atoms with Gasteiger partial charge < -0.3 is 9.84 Å². The number of ether oxygens (including phenoxy) is 1. The minimum atomic E-state index is -0.889. The van der Waals surface area contributed by atoms with Gasteiger partial charge in [0.2, 0.25) is 0 Å². The summed E-state index contributed by atoms with van der Waals surface area (Å²) < 4.78 is 5.39. The smallest absolute Gasteiger partial charge is 0.307 e. The van der Waals surface area contributed by atoms with Crippen LogP contribution in [0.4, 0.5) is 0 Å². The van der Waals surface area contributed by atoms with E-state index in [1.165, 1.54) is 44.9 Å². The number of carboxylic acids is 1. The van der Waals surface area contributed by atoms with Gasteiger partial charge in [-0.1, -0.05) is 84.5 Å². The van der Waals surface area contributed by atoms with E-state index >= 15 is 0 Å². The molecule has 0 aliphatic heterocycles. The van der Waals surface area contributed by atoms with E-state index in [1.807, 2.05) is 0 Å². The molecule has 0 aromatic carbocycles. The molecule has 0 saturated heterocycles. The number of unbranched alkanes of at least 4 members (excludes halogenated alkanes) is 11. The molecule has 0 aliphatic rings. The Morgan fingerprint density at radius 1 is 0.760 bits per heavy atom. The third-order valence-corrected chi connectivity index (χ3v) is 4.56. The molecular weight excluding hydrogens is 316 g/mol. The lowest BCUT2D eigenvalue weighted by atomic mass is 10.0. The fraction of sp³-hybridized carbons (Fsp3) is 0.905. The SMILES string of the molecule is CCCCCCCCCCCC(CC(=O)O)OC(=O)CCCCCC. The zero-order valence-electron chi connectivity index (χ0n) is 16.6. The van der Waals surface area contributed by atoms with Crippen molar-refractivity contribution in [2.75, 3.05) is 0 Å². The number of carbonyl (C=O) groups excluding carboxylic acids is 1. The summed E-state index contributed by atoms with van der Waals surface area (Å²) in [7, 11) is 0. The second-order valence-corrected chi connectivity index (χ2v) is 7.14. The first-order valence-electron chi connectivity index (χ1n) is 10.5. The highest BCUT2D eigenvalue weighted by Gasteiger charge is 2.17. The van der Waals surface area contributed by atoms with Gasteiger partial charge >= 0.3 is 11.9 Å². The van der Waals surface area contributed by atoms with Gasteiger partial charge in [0.15, 0.2) is 0 Å². The maximum Gasteiger partial charge on any atom is 0.307 e. The molecule has 0 spiro atoms. The molecule has 1 atom stereocenters. The van der Waals surface area contributed by atoms with Gasteiger partial charge in [0.1, 0.15) is 6.10 Å². The molecule has 0 aromatic rings. The van der Waals surface area contributed by atoms with E-state index in [4.69, 9.17) is 9.84 Å². The summed E-state index contributed by atoms with van der Waals surface area (Å²) in [6.45, 7) is 4.36. The van der Waals surface area contributed by atoms with Gasteiger partial charge in [-0.2, -0.15) is 0 Å². The maximum atomic E-state index is 11.8. The zero-order chi connectivity index (χ0) is 18.8. The molecule has 1 unspecified atom stereocenters. The topological polar surface area (TPSA) is 63.6 Å². The summed E-state index contributed by atoms with van der Waals surface area (Å²) in [4.78, 5) is 22.8. The van der Waals surface area contributed by atoms with Crippen LogP contribution < -0.4 is 0 Å². The Balaban J connectivity index is 3.80. The predicted octanol–water partition coefficient (Wildman–Crippen LogP) is 6.26. The highest BCUT2D eigenvalue weighted by Crippen LogP contribution is 2.15. The highest BCUT2D eigenvalue weighted by atomic mass is 16.5. The van der Waals surface area contributed by atoms with E-state index in [1.54, 1.807) is 0 Å². The molecule has 0 rings (SSSR count). The molecule has 0 aromatic heterocycles. The summed E-state index contributed by atoms with van der Waals surface area (Å²) in [5.74, 6) is -1.13. The van der Waals surface area contributed by atoms with E-state index in [0.717, 1.165) is 38.5 Å². The van der Waals surface area contributed by atoms with Crippen molar-refractivity contribution in [1.29, 1.82) is 0 Å². The van der Waals surface area contributed by atoms with Crippen molar-refractivity contribution in [3.8, 4) is 0 Å². The van der Waals surface area contributed by atoms with E-state index in [2.05, 4.69) is 13.8 Å². The lowest BCUT2D eigenvalue weighted by Gasteiger charge is -2.16. The summed E-state index contributed by atoms with van der Waals surface area (Å²) in [5.41, 5.74) is 0. The van der Waals surface area contributed by atoms with Gasteiger partial charge in [-0.15, -0.1) is 0 Å².